The summed E-state index contributed by atoms with van der Waals surface area (Å²) < 4.78 is 13.2. The van der Waals surface area contributed by atoms with Crippen LogP contribution in [0.15, 0.2) is 66.9 Å². The van der Waals surface area contributed by atoms with Gasteiger partial charge in [-0.15, -0.1) is 0 Å². The standard InChI is InChI=1S/C26H28FN3O/c1-29-13-15-30(16-14-29)25-10-7-21(8-11-25)22-6-9-24(28-19-22)18-26(31)12-5-20-3-2-4-23(27)17-20/h2-4,6-11,17,19H,5,12-16,18H2,1H3. The molecule has 5 heteroatoms. The first-order valence-corrected chi connectivity index (χ1v) is 10.8. The Morgan fingerprint density at radius 1 is 0.968 bits per heavy atom. The lowest BCUT2D eigenvalue weighted by Crippen LogP contribution is -2.44. The van der Waals surface area contributed by atoms with E-state index in [1.807, 2.05) is 24.4 Å². The highest BCUT2D eigenvalue weighted by molar-refractivity contribution is 5.80. The quantitative estimate of drug-likeness (QED) is 0.572. The molecule has 0 bridgehead atoms. The molecule has 0 aliphatic carbocycles. The summed E-state index contributed by atoms with van der Waals surface area (Å²) in [7, 11) is 2.16. The summed E-state index contributed by atoms with van der Waals surface area (Å²) in [5, 5.41) is 0. The topological polar surface area (TPSA) is 36.4 Å². The van der Waals surface area contributed by atoms with E-state index in [0.29, 0.717) is 19.3 Å². The zero-order valence-electron chi connectivity index (χ0n) is 17.9. The third-order valence-electron chi connectivity index (χ3n) is 5.85. The van der Waals surface area contributed by atoms with E-state index < -0.39 is 0 Å². The Balaban J connectivity index is 1.32. The monoisotopic (exact) mass is 417 g/mol. The summed E-state index contributed by atoms with van der Waals surface area (Å²) in [4.78, 5) is 21.5. The highest BCUT2D eigenvalue weighted by Crippen LogP contribution is 2.23. The molecule has 0 spiro atoms. The molecule has 3 aromatic rings. The molecule has 0 radical (unpaired) electrons. The lowest BCUT2D eigenvalue weighted by molar-refractivity contribution is -0.118. The molecule has 0 unspecified atom stereocenters. The number of piperazine rings is 1. The van der Waals surface area contributed by atoms with Crippen molar-refractivity contribution in [2.24, 2.45) is 0 Å². The molecule has 0 amide bonds. The maximum atomic E-state index is 13.2. The van der Waals surface area contributed by atoms with Crippen molar-refractivity contribution in [3.63, 3.8) is 0 Å². The third kappa shape index (κ3) is 5.76. The molecule has 0 N–H and O–H groups in total. The molecule has 0 atom stereocenters. The van der Waals surface area contributed by atoms with Crippen LogP contribution in [0, 0.1) is 5.82 Å². The molecule has 31 heavy (non-hydrogen) atoms. The average Bonchev–Trinajstić information content (AvgIpc) is 2.79. The van der Waals surface area contributed by atoms with Gasteiger partial charge in [-0.3, -0.25) is 9.78 Å². The molecule has 2 heterocycles. The van der Waals surface area contributed by atoms with Crippen LogP contribution in [0.2, 0.25) is 0 Å². The van der Waals surface area contributed by atoms with E-state index in [1.54, 1.807) is 6.07 Å². The predicted octanol–water partition coefficient (Wildman–Crippen LogP) is 4.38. The van der Waals surface area contributed by atoms with Crippen LogP contribution in [0.5, 0.6) is 0 Å². The Morgan fingerprint density at radius 2 is 1.71 bits per heavy atom. The number of carbonyl (C=O) groups is 1. The van der Waals surface area contributed by atoms with Crippen LogP contribution in [0.3, 0.4) is 0 Å². The molecule has 0 saturated carbocycles. The summed E-state index contributed by atoms with van der Waals surface area (Å²) in [6.45, 7) is 4.29. The van der Waals surface area contributed by atoms with E-state index >= 15 is 0 Å². The number of ketones is 1. The number of pyridine rings is 1. The SMILES string of the molecule is CN1CCN(c2ccc(-c3ccc(CC(=O)CCc4cccc(F)c4)nc3)cc2)CC1. The number of anilines is 1. The van der Waals surface area contributed by atoms with Gasteiger partial charge in [0.1, 0.15) is 11.6 Å². The zero-order valence-corrected chi connectivity index (χ0v) is 17.9. The number of Topliss-reactive ketones (excluding diaryl/α,β-unsaturated/α-hetero) is 1. The Hall–Kier alpha value is -3.05. The number of halogens is 1. The van der Waals surface area contributed by atoms with Crippen LogP contribution < -0.4 is 4.90 Å². The van der Waals surface area contributed by atoms with Crippen LogP contribution in [0.1, 0.15) is 17.7 Å². The van der Waals surface area contributed by atoms with Gasteiger partial charge in [0.15, 0.2) is 0 Å². The largest absolute Gasteiger partial charge is 0.369 e. The fourth-order valence-corrected chi connectivity index (χ4v) is 3.90. The molecule has 1 aliphatic rings. The second-order valence-corrected chi connectivity index (χ2v) is 8.22. The molecule has 1 saturated heterocycles. The van der Waals surface area contributed by atoms with Gasteiger partial charge in [0.2, 0.25) is 0 Å². The summed E-state index contributed by atoms with van der Waals surface area (Å²) >= 11 is 0. The smallest absolute Gasteiger partial charge is 0.139 e. The Labute approximate surface area is 183 Å². The maximum Gasteiger partial charge on any atom is 0.139 e. The number of rotatable bonds is 7. The Morgan fingerprint density at radius 3 is 2.39 bits per heavy atom. The second-order valence-electron chi connectivity index (χ2n) is 8.22. The number of benzene rings is 2. The highest BCUT2D eigenvalue weighted by Gasteiger charge is 2.14. The lowest BCUT2D eigenvalue weighted by Gasteiger charge is -2.34. The van der Waals surface area contributed by atoms with Gasteiger partial charge in [0.25, 0.3) is 0 Å². The predicted molar refractivity (Wildman–Crippen MR) is 123 cm³/mol. The summed E-state index contributed by atoms with van der Waals surface area (Å²) in [6.07, 6.45) is 3.08. The van der Waals surface area contributed by atoms with Crippen molar-refractivity contribution in [1.29, 1.82) is 0 Å². The third-order valence-corrected chi connectivity index (χ3v) is 5.85. The molecule has 1 aromatic heterocycles. The van der Waals surface area contributed by atoms with Crippen molar-refractivity contribution in [3.8, 4) is 11.1 Å². The van der Waals surface area contributed by atoms with Crippen LogP contribution in [0.25, 0.3) is 11.1 Å². The van der Waals surface area contributed by atoms with E-state index in [2.05, 4.69) is 46.1 Å². The Bertz CT molecular complexity index is 1010. The fraction of sp³-hybridized carbons (Fsp3) is 0.308. The van der Waals surface area contributed by atoms with Crippen molar-refractivity contribution in [1.82, 2.24) is 9.88 Å². The summed E-state index contributed by atoms with van der Waals surface area (Å²) in [5.41, 5.74) is 5.03. The van der Waals surface area contributed by atoms with Crippen molar-refractivity contribution in [2.45, 2.75) is 19.3 Å². The van der Waals surface area contributed by atoms with Gasteiger partial charge in [-0.05, 0) is 54.9 Å². The number of likely N-dealkylation sites (N-methyl/N-ethyl adjacent to an activating group) is 1. The first kappa shape index (κ1) is 21.2. The van der Waals surface area contributed by atoms with Gasteiger partial charge < -0.3 is 9.80 Å². The first-order chi connectivity index (χ1) is 15.1. The van der Waals surface area contributed by atoms with E-state index in [-0.39, 0.29) is 11.6 Å². The molecular weight excluding hydrogens is 389 g/mol. The van der Waals surface area contributed by atoms with Gasteiger partial charge in [-0.2, -0.15) is 0 Å². The highest BCUT2D eigenvalue weighted by atomic mass is 19.1. The number of aromatic nitrogens is 1. The first-order valence-electron chi connectivity index (χ1n) is 10.8. The van der Waals surface area contributed by atoms with E-state index in [0.717, 1.165) is 48.6 Å². The number of aryl methyl sites for hydroxylation is 1. The van der Waals surface area contributed by atoms with E-state index in [9.17, 15) is 9.18 Å². The minimum Gasteiger partial charge on any atom is -0.369 e. The molecule has 160 valence electrons. The minimum atomic E-state index is -0.265. The van der Waals surface area contributed by atoms with Gasteiger partial charge in [-0.25, -0.2) is 4.39 Å². The van der Waals surface area contributed by atoms with Gasteiger partial charge in [0, 0.05) is 62.2 Å². The molecule has 4 rings (SSSR count). The summed E-state index contributed by atoms with van der Waals surface area (Å²) in [5.74, 6) is -0.153. The normalized spacial score (nSPS) is 14.6. The molecular formula is C26H28FN3O. The molecule has 1 fully saturated rings. The number of hydrogen-bond acceptors (Lipinski definition) is 4. The molecule has 1 aliphatic heterocycles. The Kier molecular flexibility index (Phi) is 6.73. The zero-order chi connectivity index (χ0) is 21.6. The van der Waals surface area contributed by atoms with Crippen molar-refractivity contribution < 1.29 is 9.18 Å². The van der Waals surface area contributed by atoms with Crippen molar-refractivity contribution >= 4 is 11.5 Å². The molecule has 4 nitrogen and oxygen atoms in total. The minimum absolute atomic E-state index is 0.112. The maximum absolute atomic E-state index is 13.2. The number of carbonyl (C=O) groups excluding carboxylic acids is 1. The summed E-state index contributed by atoms with van der Waals surface area (Å²) in [6, 6.07) is 19.0. The number of hydrogen-bond donors (Lipinski definition) is 0. The van der Waals surface area contributed by atoms with Crippen molar-refractivity contribution in [3.05, 3.63) is 83.9 Å². The fourth-order valence-electron chi connectivity index (χ4n) is 3.90. The van der Waals surface area contributed by atoms with Gasteiger partial charge >= 0.3 is 0 Å². The molecule has 2 aromatic carbocycles. The van der Waals surface area contributed by atoms with Gasteiger partial charge in [-0.1, -0.05) is 30.3 Å². The van der Waals surface area contributed by atoms with Crippen LogP contribution in [-0.2, 0) is 17.6 Å². The van der Waals surface area contributed by atoms with Crippen LogP contribution in [0.4, 0.5) is 10.1 Å². The van der Waals surface area contributed by atoms with E-state index in [4.69, 9.17) is 0 Å². The van der Waals surface area contributed by atoms with Crippen LogP contribution >= 0.6 is 0 Å². The number of nitrogens with zero attached hydrogens (tertiary/aromatic N) is 3. The van der Waals surface area contributed by atoms with Gasteiger partial charge in [0.05, 0.1) is 0 Å². The lowest BCUT2D eigenvalue weighted by atomic mass is 10.0. The second kappa shape index (κ2) is 9.84. The van der Waals surface area contributed by atoms with Crippen LogP contribution in [-0.4, -0.2) is 48.9 Å². The van der Waals surface area contributed by atoms with Crippen molar-refractivity contribution in [2.75, 3.05) is 38.1 Å². The average molecular weight is 418 g/mol. The van der Waals surface area contributed by atoms with E-state index in [1.165, 1.54) is 17.8 Å².